The van der Waals surface area contributed by atoms with Gasteiger partial charge in [0.05, 0.1) is 0 Å². The van der Waals surface area contributed by atoms with Crippen LogP contribution in [0.5, 0.6) is 0 Å². The standard InChI is InChI=1S/C10H15ClSi/c1-3-8(2)9-6-4-5-7-10(9)12-11/h4-8H,3,12H2,1-2H3. The van der Waals surface area contributed by atoms with Crippen molar-refractivity contribution in [3.63, 3.8) is 0 Å². The molecule has 0 amide bonds. The summed E-state index contributed by atoms with van der Waals surface area (Å²) < 4.78 is 0. The van der Waals surface area contributed by atoms with Gasteiger partial charge in [-0.2, -0.15) is 11.1 Å². The van der Waals surface area contributed by atoms with Crippen LogP contribution in [-0.2, 0) is 0 Å². The monoisotopic (exact) mass is 198 g/mol. The van der Waals surface area contributed by atoms with Crippen molar-refractivity contribution in [3.05, 3.63) is 29.8 Å². The first-order valence-corrected chi connectivity index (χ1v) is 7.27. The third-order valence-electron chi connectivity index (χ3n) is 2.34. The first-order chi connectivity index (χ1) is 5.79. The van der Waals surface area contributed by atoms with Gasteiger partial charge in [-0.15, -0.1) is 0 Å². The maximum Gasteiger partial charge on any atom is 0.156 e. The minimum absolute atomic E-state index is 0.518. The van der Waals surface area contributed by atoms with Crippen molar-refractivity contribution in [3.8, 4) is 0 Å². The zero-order valence-corrected chi connectivity index (χ0v) is 9.85. The van der Waals surface area contributed by atoms with E-state index in [4.69, 9.17) is 11.1 Å². The molecule has 1 aromatic carbocycles. The van der Waals surface area contributed by atoms with E-state index in [1.807, 2.05) is 0 Å². The highest BCUT2D eigenvalue weighted by atomic mass is 35.6. The lowest BCUT2D eigenvalue weighted by atomic mass is 9.99. The number of hydrogen-bond donors (Lipinski definition) is 0. The predicted molar refractivity (Wildman–Crippen MR) is 59.2 cm³/mol. The van der Waals surface area contributed by atoms with Gasteiger partial charge in [0.25, 0.3) is 0 Å². The van der Waals surface area contributed by atoms with Crippen molar-refractivity contribution in [2.75, 3.05) is 0 Å². The van der Waals surface area contributed by atoms with Crippen LogP contribution in [0.4, 0.5) is 0 Å². The molecule has 66 valence electrons. The summed E-state index contributed by atoms with van der Waals surface area (Å²) in [6.45, 7) is 4.48. The van der Waals surface area contributed by atoms with Crippen LogP contribution in [0.25, 0.3) is 0 Å². The summed E-state index contributed by atoms with van der Waals surface area (Å²) >= 11 is 5.97. The largest absolute Gasteiger partial charge is 0.170 e. The van der Waals surface area contributed by atoms with Gasteiger partial charge in [0.2, 0.25) is 0 Å². The molecule has 0 nitrogen and oxygen atoms in total. The van der Waals surface area contributed by atoms with Gasteiger partial charge < -0.3 is 0 Å². The summed E-state index contributed by atoms with van der Waals surface area (Å²) in [7, 11) is -0.518. The molecule has 12 heavy (non-hydrogen) atoms. The second-order valence-corrected chi connectivity index (χ2v) is 4.97. The molecule has 1 rings (SSSR count). The molecule has 1 atom stereocenters. The molecule has 1 unspecified atom stereocenters. The summed E-state index contributed by atoms with van der Waals surface area (Å²) in [5, 5.41) is 1.41. The highest BCUT2D eigenvalue weighted by Crippen LogP contribution is 2.15. The fourth-order valence-corrected chi connectivity index (χ4v) is 2.93. The highest BCUT2D eigenvalue weighted by Gasteiger charge is 2.06. The molecule has 0 radical (unpaired) electrons. The van der Waals surface area contributed by atoms with Crippen molar-refractivity contribution in [1.29, 1.82) is 0 Å². The third-order valence-corrected chi connectivity index (χ3v) is 4.14. The Labute approximate surface area is 81.5 Å². The van der Waals surface area contributed by atoms with Crippen LogP contribution in [0.15, 0.2) is 24.3 Å². The van der Waals surface area contributed by atoms with Crippen LogP contribution in [0.3, 0.4) is 0 Å². The van der Waals surface area contributed by atoms with Gasteiger partial charge in [-0.05, 0) is 23.1 Å². The molecule has 0 bridgehead atoms. The fourth-order valence-electron chi connectivity index (χ4n) is 1.36. The molecule has 0 fully saturated rings. The summed E-state index contributed by atoms with van der Waals surface area (Å²) in [6.07, 6.45) is 1.20. The average molecular weight is 199 g/mol. The zero-order chi connectivity index (χ0) is 8.97. The zero-order valence-electron chi connectivity index (χ0n) is 7.68. The predicted octanol–water partition coefficient (Wildman–Crippen LogP) is 2.15. The Balaban J connectivity index is 2.96. The molecule has 0 aliphatic carbocycles. The van der Waals surface area contributed by atoms with Gasteiger partial charge in [-0.1, -0.05) is 38.1 Å². The van der Waals surface area contributed by atoms with E-state index >= 15 is 0 Å². The third kappa shape index (κ3) is 2.11. The van der Waals surface area contributed by atoms with Gasteiger partial charge in [0.1, 0.15) is 0 Å². The van der Waals surface area contributed by atoms with E-state index < -0.39 is 8.83 Å². The lowest BCUT2D eigenvalue weighted by Crippen LogP contribution is -2.16. The maximum absolute atomic E-state index is 5.97. The van der Waals surface area contributed by atoms with E-state index in [-0.39, 0.29) is 0 Å². The van der Waals surface area contributed by atoms with Gasteiger partial charge in [-0.25, -0.2) is 0 Å². The number of hydrogen-bond acceptors (Lipinski definition) is 0. The maximum atomic E-state index is 5.97. The highest BCUT2D eigenvalue weighted by molar-refractivity contribution is 7.01. The van der Waals surface area contributed by atoms with E-state index in [0.29, 0.717) is 5.92 Å². The minimum atomic E-state index is -0.518. The van der Waals surface area contributed by atoms with Crippen LogP contribution in [0.1, 0.15) is 31.7 Å². The Morgan fingerprint density at radius 3 is 2.67 bits per heavy atom. The number of benzene rings is 1. The Morgan fingerprint density at radius 2 is 2.08 bits per heavy atom. The molecule has 1 aromatic rings. The number of halogens is 1. The van der Waals surface area contributed by atoms with Crippen LogP contribution in [0.2, 0.25) is 0 Å². The molecular weight excluding hydrogens is 184 g/mol. The molecule has 0 heterocycles. The second kappa shape index (κ2) is 4.68. The quantitative estimate of drug-likeness (QED) is 0.516. The molecular formula is C10H15ClSi. The van der Waals surface area contributed by atoms with E-state index in [1.54, 1.807) is 0 Å². The van der Waals surface area contributed by atoms with Crippen molar-refractivity contribution in [2.45, 2.75) is 26.2 Å². The summed E-state index contributed by atoms with van der Waals surface area (Å²) in [5.41, 5.74) is 1.46. The van der Waals surface area contributed by atoms with Gasteiger partial charge >= 0.3 is 0 Å². The first-order valence-electron chi connectivity index (χ1n) is 4.43. The molecule has 0 aromatic heterocycles. The van der Waals surface area contributed by atoms with E-state index in [0.717, 1.165) is 0 Å². The Bertz CT molecular complexity index is 247. The average Bonchev–Trinajstić information content (AvgIpc) is 2.16. The Morgan fingerprint density at radius 1 is 1.42 bits per heavy atom. The lowest BCUT2D eigenvalue weighted by Gasteiger charge is -2.12. The van der Waals surface area contributed by atoms with Crippen molar-refractivity contribution in [1.82, 2.24) is 0 Å². The van der Waals surface area contributed by atoms with Gasteiger partial charge in [-0.3, -0.25) is 0 Å². The second-order valence-electron chi connectivity index (χ2n) is 3.14. The van der Waals surface area contributed by atoms with Crippen molar-refractivity contribution < 1.29 is 0 Å². The first kappa shape index (κ1) is 9.81. The fraction of sp³-hybridized carbons (Fsp3) is 0.400. The van der Waals surface area contributed by atoms with Crippen molar-refractivity contribution in [2.24, 2.45) is 0 Å². The van der Waals surface area contributed by atoms with Crippen LogP contribution in [-0.4, -0.2) is 8.83 Å². The molecule has 2 heteroatoms. The van der Waals surface area contributed by atoms with Crippen LogP contribution in [0, 0.1) is 0 Å². The van der Waals surface area contributed by atoms with E-state index in [1.165, 1.54) is 17.2 Å². The topological polar surface area (TPSA) is 0 Å². The van der Waals surface area contributed by atoms with Gasteiger partial charge in [0, 0.05) is 0 Å². The Hall–Kier alpha value is -0.273. The Kier molecular flexibility index (Phi) is 3.83. The summed E-state index contributed by atoms with van der Waals surface area (Å²) in [6, 6.07) is 8.56. The van der Waals surface area contributed by atoms with E-state index in [9.17, 15) is 0 Å². The number of rotatable bonds is 3. The minimum Gasteiger partial charge on any atom is -0.170 e. The molecule has 0 aliphatic heterocycles. The molecule has 0 saturated carbocycles. The van der Waals surface area contributed by atoms with Crippen molar-refractivity contribution >= 4 is 25.1 Å². The normalized spacial score (nSPS) is 13.9. The van der Waals surface area contributed by atoms with E-state index in [2.05, 4.69) is 38.1 Å². The SMILES string of the molecule is CCC(C)c1ccccc1[SiH2]Cl. The van der Waals surface area contributed by atoms with Gasteiger partial charge in [0.15, 0.2) is 8.83 Å². The molecule has 0 spiro atoms. The molecule has 0 N–H and O–H groups in total. The smallest absolute Gasteiger partial charge is 0.156 e. The summed E-state index contributed by atoms with van der Waals surface area (Å²) in [4.78, 5) is 0. The molecule has 0 saturated heterocycles. The van der Waals surface area contributed by atoms with Crippen LogP contribution >= 0.6 is 11.1 Å². The van der Waals surface area contributed by atoms with Crippen LogP contribution < -0.4 is 5.19 Å². The lowest BCUT2D eigenvalue weighted by molar-refractivity contribution is 0.738. The molecule has 0 aliphatic rings. The summed E-state index contributed by atoms with van der Waals surface area (Å²) in [5.74, 6) is 0.660.